The molecule has 9 heteroatoms. The Morgan fingerprint density at radius 1 is 1.33 bits per heavy atom. The minimum absolute atomic E-state index is 0.173. The second-order valence-electron chi connectivity index (χ2n) is 4.36. The molecule has 0 aliphatic rings. The van der Waals surface area contributed by atoms with Crippen molar-refractivity contribution in [2.24, 2.45) is 0 Å². The van der Waals surface area contributed by atoms with E-state index in [1.54, 1.807) is 0 Å². The predicted molar refractivity (Wildman–Crippen MR) is 74.3 cm³/mol. The minimum Gasteiger partial charge on any atom is -0.480 e. The third-order valence-electron chi connectivity index (χ3n) is 2.58. The van der Waals surface area contributed by atoms with Crippen LogP contribution in [0.2, 0.25) is 0 Å². The first-order valence-corrected chi connectivity index (χ1v) is 7.40. The molecule has 0 heterocycles. The van der Waals surface area contributed by atoms with Crippen molar-refractivity contribution in [3.8, 4) is 0 Å². The maximum atomic E-state index is 12.2. The van der Waals surface area contributed by atoms with E-state index in [1.165, 1.54) is 32.0 Å². The Balaban J connectivity index is 3.18. The van der Waals surface area contributed by atoms with Crippen molar-refractivity contribution in [2.45, 2.75) is 24.8 Å². The molecule has 1 atom stereocenters. The summed E-state index contributed by atoms with van der Waals surface area (Å²) in [4.78, 5) is 21.6. The predicted octanol–water partition coefficient (Wildman–Crippen LogP) is -0.323. The number of aryl methyl sites for hydroxylation is 1. The summed E-state index contributed by atoms with van der Waals surface area (Å²) in [5.41, 5.74) is 0.642. The van der Waals surface area contributed by atoms with Crippen LogP contribution in [0.4, 0.5) is 5.69 Å². The Kier molecular flexibility index (Phi) is 5.41. The molecule has 1 amide bonds. The third-order valence-corrected chi connectivity index (χ3v) is 4.19. The van der Waals surface area contributed by atoms with Crippen LogP contribution >= 0.6 is 0 Å². The van der Waals surface area contributed by atoms with Gasteiger partial charge < -0.3 is 15.5 Å². The molecule has 8 nitrogen and oxygen atoms in total. The number of hydrogen-bond donors (Lipinski definition) is 4. The van der Waals surface area contributed by atoms with Gasteiger partial charge in [-0.1, -0.05) is 6.07 Å². The number of rotatable bonds is 6. The van der Waals surface area contributed by atoms with Gasteiger partial charge in [0.05, 0.1) is 11.5 Å². The maximum Gasteiger partial charge on any atom is 0.324 e. The molecule has 116 valence electrons. The number of carboxylic acids is 1. The van der Waals surface area contributed by atoms with Crippen LogP contribution in [0.1, 0.15) is 12.5 Å². The molecule has 0 saturated heterocycles. The van der Waals surface area contributed by atoms with Crippen LogP contribution in [-0.2, 0) is 19.6 Å². The normalized spacial score (nSPS) is 12.7. The Morgan fingerprint density at radius 2 is 1.95 bits per heavy atom. The van der Waals surface area contributed by atoms with Crippen molar-refractivity contribution in [1.82, 2.24) is 4.72 Å². The molecule has 0 fully saturated rings. The summed E-state index contributed by atoms with van der Waals surface area (Å²) >= 11 is 0. The van der Waals surface area contributed by atoms with E-state index in [0.717, 1.165) is 0 Å². The number of benzene rings is 1. The van der Waals surface area contributed by atoms with E-state index in [-0.39, 0.29) is 16.5 Å². The van der Waals surface area contributed by atoms with E-state index in [4.69, 9.17) is 10.2 Å². The standard InChI is InChI=1S/C12H16N2O6S/c1-7-3-4-9(13-8(2)16)5-11(7)21(19,20)14-10(6-15)12(17)18/h3-5,10,14-15H,6H2,1-2H3,(H,13,16)(H,17,18). The lowest BCUT2D eigenvalue weighted by Crippen LogP contribution is -2.43. The lowest BCUT2D eigenvalue weighted by Gasteiger charge is -2.14. The Labute approximate surface area is 121 Å². The van der Waals surface area contributed by atoms with E-state index in [0.29, 0.717) is 5.56 Å². The van der Waals surface area contributed by atoms with Crippen LogP contribution in [0.15, 0.2) is 23.1 Å². The number of aliphatic carboxylic acids is 1. The topological polar surface area (TPSA) is 133 Å². The molecule has 1 unspecified atom stereocenters. The molecule has 21 heavy (non-hydrogen) atoms. The highest BCUT2D eigenvalue weighted by Gasteiger charge is 2.26. The lowest BCUT2D eigenvalue weighted by atomic mass is 10.2. The quantitative estimate of drug-likeness (QED) is 0.568. The fourth-order valence-electron chi connectivity index (χ4n) is 1.59. The SMILES string of the molecule is CC(=O)Nc1ccc(C)c(S(=O)(=O)NC(CO)C(=O)O)c1. The van der Waals surface area contributed by atoms with E-state index in [1.807, 2.05) is 4.72 Å². The van der Waals surface area contributed by atoms with Crippen LogP contribution in [0, 0.1) is 6.92 Å². The van der Waals surface area contributed by atoms with Crippen LogP contribution in [-0.4, -0.2) is 43.2 Å². The summed E-state index contributed by atoms with van der Waals surface area (Å²) in [6.45, 7) is 1.93. The number of sulfonamides is 1. The van der Waals surface area contributed by atoms with Crippen molar-refractivity contribution in [3.05, 3.63) is 23.8 Å². The van der Waals surface area contributed by atoms with Gasteiger partial charge in [-0.15, -0.1) is 0 Å². The van der Waals surface area contributed by atoms with Gasteiger partial charge in [0.25, 0.3) is 0 Å². The summed E-state index contributed by atoms with van der Waals surface area (Å²) in [5, 5.41) is 20.1. The van der Waals surface area contributed by atoms with Gasteiger partial charge in [-0.2, -0.15) is 4.72 Å². The first kappa shape index (κ1) is 17.1. The van der Waals surface area contributed by atoms with Gasteiger partial charge >= 0.3 is 5.97 Å². The number of carbonyl (C=O) groups is 2. The zero-order valence-electron chi connectivity index (χ0n) is 11.5. The smallest absolute Gasteiger partial charge is 0.324 e. The van der Waals surface area contributed by atoms with Crippen molar-refractivity contribution < 1.29 is 28.2 Å². The van der Waals surface area contributed by atoms with Gasteiger partial charge in [0, 0.05) is 12.6 Å². The van der Waals surface area contributed by atoms with E-state index < -0.39 is 28.6 Å². The van der Waals surface area contributed by atoms with Gasteiger partial charge in [-0.25, -0.2) is 8.42 Å². The van der Waals surface area contributed by atoms with Crippen LogP contribution in [0.5, 0.6) is 0 Å². The molecule has 0 aromatic heterocycles. The molecule has 1 rings (SSSR count). The number of anilines is 1. The van der Waals surface area contributed by atoms with Crippen LogP contribution < -0.4 is 10.0 Å². The van der Waals surface area contributed by atoms with E-state index in [2.05, 4.69) is 5.32 Å². The Morgan fingerprint density at radius 3 is 2.43 bits per heavy atom. The zero-order chi connectivity index (χ0) is 16.2. The molecule has 1 aromatic rings. The molecule has 1 aromatic carbocycles. The molecule has 4 N–H and O–H groups in total. The van der Waals surface area contributed by atoms with Crippen LogP contribution in [0.25, 0.3) is 0 Å². The second kappa shape index (κ2) is 6.66. The minimum atomic E-state index is -4.15. The average molecular weight is 316 g/mol. The van der Waals surface area contributed by atoms with Crippen molar-refractivity contribution in [3.63, 3.8) is 0 Å². The number of carbonyl (C=O) groups excluding carboxylic acids is 1. The molecule has 0 aliphatic heterocycles. The fraction of sp³-hybridized carbons (Fsp3) is 0.333. The van der Waals surface area contributed by atoms with Gasteiger partial charge in [0.1, 0.15) is 6.04 Å². The molecule has 0 aliphatic carbocycles. The number of aliphatic hydroxyl groups excluding tert-OH is 1. The Hall–Kier alpha value is -1.97. The fourth-order valence-corrected chi connectivity index (χ4v) is 3.04. The molecule has 0 spiro atoms. The molecular weight excluding hydrogens is 300 g/mol. The number of hydrogen-bond acceptors (Lipinski definition) is 5. The van der Waals surface area contributed by atoms with E-state index >= 15 is 0 Å². The highest BCUT2D eigenvalue weighted by atomic mass is 32.2. The number of aliphatic hydroxyl groups is 1. The summed E-state index contributed by atoms with van der Waals surface area (Å²) in [6.07, 6.45) is 0. The first-order chi connectivity index (χ1) is 9.67. The van der Waals surface area contributed by atoms with E-state index in [9.17, 15) is 18.0 Å². The number of amides is 1. The zero-order valence-corrected chi connectivity index (χ0v) is 12.3. The lowest BCUT2D eigenvalue weighted by molar-refractivity contribution is -0.139. The summed E-state index contributed by atoms with van der Waals surface area (Å²) in [7, 11) is -4.15. The number of nitrogens with one attached hydrogen (secondary N) is 2. The second-order valence-corrected chi connectivity index (χ2v) is 6.04. The highest BCUT2D eigenvalue weighted by molar-refractivity contribution is 7.89. The maximum absolute atomic E-state index is 12.2. The first-order valence-electron chi connectivity index (χ1n) is 5.91. The molecule has 0 bridgehead atoms. The molecule has 0 radical (unpaired) electrons. The summed E-state index contributed by atoms with van der Waals surface area (Å²) in [6, 6.07) is 2.58. The molecule has 0 saturated carbocycles. The van der Waals surface area contributed by atoms with Gasteiger partial charge in [0.15, 0.2) is 0 Å². The summed E-state index contributed by atoms with van der Waals surface area (Å²) in [5.74, 6) is -1.86. The van der Waals surface area contributed by atoms with Crippen molar-refractivity contribution in [1.29, 1.82) is 0 Å². The van der Waals surface area contributed by atoms with Gasteiger partial charge in [-0.05, 0) is 24.6 Å². The monoisotopic (exact) mass is 316 g/mol. The summed E-state index contributed by atoms with van der Waals surface area (Å²) < 4.78 is 26.2. The van der Waals surface area contributed by atoms with Gasteiger partial charge in [-0.3, -0.25) is 9.59 Å². The largest absolute Gasteiger partial charge is 0.480 e. The van der Waals surface area contributed by atoms with Crippen molar-refractivity contribution >= 4 is 27.6 Å². The average Bonchev–Trinajstić information content (AvgIpc) is 2.37. The Bertz CT molecular complexity index is 656. The molecular formula is C12H16N2O6S. The number of carboxylic acid groups (broad SMARTS) is 1. The third kappa shape index (κ3) is 4.52. The highest BCUT2D eigenvalue weighted by Crippen LogP contribution is 2.20. The van der Waals surface area contributed by atoms with Gasteiger partial charge in [0.2, 0.25) is 15.9 Å². The van der Waals surface area contributed by atoms with Crippen molar-refractivity contribution in [2.75, 3.05) is 11.9 Å². The van der Waals surface area contributed by atoms with Crippen LogP contribution in [0.3, 0.4) is 0 Å².